The van der Waals surface area contributed by atoms with Crippen molar-refractivity contribution < 1.29 is 18.7 Å². The molecule has 1 atom stereocenters. The number of nitrogens with zero attached hydrogens (tertiary/aromatic N) is 2. The van der Waals surface area contributed by atoms with Gasteiger partial charge in [0.2, 0.25) is 0 Å². The zero-order valence-corrected chi connectivity index (χ0v) is 11.5. The standard InChI is InChI=1S/C14H16N2O4/c1-9-8-19-7-6-16(9)14-15-12-10(13(17)18-2)4-3-5-11(12)20-14/h3-5,9H,6-8H2,1-2H3/t9-/m1/s1. The molecule has 6 heteroatoms. The molecule has 1 saturated heterocycles. The molecular formula is C14H16N2O4. The molecule has 0 bridgehead atoms. The van der Waals surface area contributed by atoms with Crippen molar-refractivity contribution >= 4 is 23.1 Å². The molecule has 6 nitrogen and oxygen atoms in total. The molecule has 3 rings (SSSR count). The maximum absolute atomic E-state index is 11.7. The number of hydrogen-bond acceptors (Lipinski definition) is 6. The van der Waals surface area contributed by atoms with E-state index in [1.54, 1.807) is 18.2 Å². The van der Waals surface area contributed by atoms with Crippen LogP contribution in [0.15, 0.2) is 22.6 Å². The summed E-state index contributed by atoms with van der Waals surface area (Å²) in [5.74, 6) is -0.412. The minimum absolute atomic E-state index is 0.193. The van der Waals surface area contributed by atoms with Crippen molar-refractivity contribution in [1.29, 1.82) is 0 Å². The van der Waals surface area contributed by atoms with Crippen LogP contribution < -0.4 is 4.90 Å². The van der Waals surface area contributed by atoms with Crippen molar-refractivity contribution in [2.24, 2.45) is 0 Å². The fourth-order valence-corrected chi connectivity index (χ4v) is 2.35. The smallest absolute Gasteiger partial charge is 0.340 e. The number of fused-ring (bicyclic) bond motifs is 1. The number of para-hydroxylation sites is 1. The van der Waals surface area contributed by atoms with Crippen molar-refractivity contribution in [3.8, 4) is 0 Å². The molecule has 1 aromatic carbocycles. The Labute approximate surface area is 116 Å². The van der Waals surface area contributed by atoms with Crippen molar-refractivity contribution in [1.82, 2.24) is 4.98 Å². The first kappa shape index (κ1) is 12.9. The quantitative estimate of drug-likeness (QED) is 0.780. The Morgan fingerprint density at radius 3 is 3.10 bits per heavy atom. The molecule has 0 N–H and O–H groups in total. The molecular weight excluding hydrogens is 260 g/mol. The van der Waals surface area contributed by atoms with Crippen LogP contribution in [-0.4, -0.2) is 43.9 Å². The number of morpholine rings is 1. The van der Waals surface area contributed by atoms with Gasteiger partial charge in [-0.1, -0.05) is 6.07 Å². The Morgan fingerprint density at radius 1 is 1.50 bits per heavy atom. The number of oxazole rings is 1. The Morgan fingerprint density at radius 2 is 2.35 bits per heavy atom. The van der Waals surface area contributed by atoms with Gasteiger partial charge in [0.25, 0.3) is 6.01 Å². The average Bonchev–Trinajstić information content (AvgIpc) is 2.90. The van der Waals surface area contributed by atoms with Gasteiger partial charge in [0, 0.05) is 6.54 Å². The highest BCUT2D eigenvalue weighted by Crippen LogP contribution is 2.27. The third kappa shape index (κ3) is 2.12. The third-order valence-corrected chi connectivity index (χ3v) is 3.43. The second kappa shape index (κ2) is 5.13. The van der Waals surface area contributed by atoms with Crippen molar-refractivity contribution in [3.05, 3.63) is 23.8 Å². The highest BCUT2D eigenvalue weighted by molar-refractivity contribution is 6.01. The fraction of sp³-hybridized carbons (Fsp3) is 0.429. The van der Waals surface area contributed by atoms with E-state index in [1.165, 1.54) is 7.11 Å². The summed E-state index contributed by atoms with van der Waals surface area (Å²) >= 11 is 0. The molecule has 20 heavy (non-hydrogen) atoms. The van der Waals surface area contributed by atoms with E-state index in [9.17, 15) is 4.79 Å². The lowest BCUT2D eigenvalue weighted by Crippen LogP contribution is -2.43. The maximum Gasteiger partial charge on any atom is 0.340 e. The molecule has 1 aromatic heterocycles. The van der Waals surface area contributed by atoms with Crippen LogP contribution in [0.25, 0.3) is 11.1 Å². The lowest BCUT2D eigenvalue weighted by molar-refractivity contribution is 0.0602. The minimum atomic E-state index is -0.412. The molecule has 0 spiro atoms. The Kier molecular flexibility index (Phi) is 3.31. The van der Waals surface area contributed by atoms with Crippen molar-refractivity contribution in [2.75, 3.05) is 31.8 Å². The fourth-order valence-electron chi connectivity index (χ4n) is 2.35. The minimum Gasteiger partial charge on any atom is -0.465 e. The van der Waals surface area contributed by atoms with Gasteiger partial charge in [-0.05, 0) is 19.1 Å². The lowest BCUT2D eigenvalue weighted by Gasteiger charge is -2.31. The summed E-state index contributed by atoms with van der Waals surface area (Å²) in [6, 6.07) is 5.95. The van der Waals surface area contributed by atoms with E-state index in [1.807, 2.05) is 4.90 Å². The number of hydrogen-bond donors (Lipinski definition) is 0. The van der Waals surface area contributed by atoms with E-state index in [-0.39, 0.29) is 6.04 Å². The van der Waals surface area contributed by atoms with Gasteiger partial charge in [-0.25, -0.2) is 4.79 Å². The normalized spacial score (nSPS) is 19.3. The van der Waals surface area contributed by atoms with Crippen LogP contribution in [0.1, 0.15) is 17.3 Å². The number of aromatic nitrogens is 1. The number of carbonyl (C=O) groups is 1. The van der Waals surface area contributed by atoms with Crippen LogP contribution in [0.5, 0.6) is 0 Å². The highest BCUT2D eigenvalue weighted by atomic mass is 16.5. The summed E-state index contributed by atoms with van der Waals surface area (Å²) in [4.78, 5) is 18.2. The van der Waals surface area contributed by atoms with Crippen molar-refractivity contribution in [2.45, 2.75) is 13.0 Å². The first-order valence-electron chi connectivity index (χ1n) is 6.53. The molecule has 2 aromatic rings. The van der Waals surface area contributed by atoms with E-state index in [0.717, 1.165) is 6.54 Å². The van der Waals surface area contributed by atoms with Gasteiger partial charge in [-0.15, -0.1) is 0 Å². The number of carbonyl (C=O) groups excluding carboxylic acids is 1. The van der Waals surface area contributed by atoms with Gasteiger partial charge in [0.15, 0.2) is 5.58 Å². The average molecular weight is 276 g/mol. The van der Waals surface area contributed by atoms with Crippen LogP contribution in [-0.2, 0) is 9.47 Å². The summed E-state index contributed by atoms with van der Waals surface area (Å²) in [6.07, 6.45) is 0. The van der Waals surface area contributed by atoms with E-state index in [4.69, 9.17) is 13.9 Å². The lowest BCUT2D eigenvalue weighted by atomic mass is 10.2. The molecule has 0 radical (unpaired) electrons. The zero-order chi connectivity index (χ0) is 14.1. The van der Waals surface area contributed by atoms with Gasteiger partial charge >= 0.3 is 5.97 Å². The number of methoxy groups -OCH3 is 1. The molecule has 106 valence electrons. The Bertz CT molecular complexity index is 637. The predicted octanol–water partition coefficient (Wildman–Crippen LogP) is 1.84. The SMILES string of the molecule is COC(=O)c1cccc2oc(N3CCOC[C@H]3C)nc12. The summed E-state index contributed by atoms with van der Waals surface area (Å²) in [6.45, 7) is 4.06. The second-order valence-electron chi connectivity index (χ2n) is 4.76. The van der Waals surface area contributed by atoms with Gasteiger partial charge in [0.05, 0.1) is 31.9 Å². The molecule has 0 amide bonds. The monoisotopic (exact) mass is 276 g/mol. The molecule has 0 unspecified atom stereocenters. The number of ether oxygens (including phenoxy) is 2. The van der Waals surface area contributed by atoms with Gasteiger partial charge in [-0.2, -0.15) is 4.98 Å². The highest BCUT2D eigenvalue weighted by Gasteiger charge is 2.25. The zero-order valence-electron chi connectivity index (χ0n) is 11.5. The number of anilines is 1. The Balaban J connectivity index is 2.04. The molecule has 1 fully saturated rings. The van der Waals surface area contributed by atoms with Crippen LogP contribution in [0.2, 0.25) is 0 Å². The van der Waals surface area contributed by atoms with E-state index in [2.05, 4.69) is 11.9 Å². The molecule has 0 saturated carbocycles. The third-order valence-electron chi connectivity index (χ3n) is 3.43. The van der Waals surface area contributed by atoms with Crippen LogP contribution in [0.3, 0.4) is 0 Å². The van der Waals surface area contributed by atoms with E-state index in [0.29, 0.717) is 35.9 Å². The summed E-state index contributed by atoms with van der Waals surface area (Å²) < 4.78 is 15.9. The molecule has 1 aliphatic heterocycles. The Hall–Kier alpha value is -2.08. The van der Waals surface area contributed by atoms with Crippen LogP contribution in [0, 0.1) is 0 Å². The van der Waals surface area contributed by atoms with Gasteiger partial charge in [-0.3, -0.25) is 0 Å². The second-order valence-corrected chi connectivity index (χ2v) is 4.76. The first-order chi connectivity index (χ1) is 9.70. The number of rotatable bonds is 2. The van der Waals surface area contributed by atoms with Crippen LogP contribution in [0.4, 0.5) is 6.01 Å². The first-order valence-corrected chi connectivity index (χ1v) is 6.53. The van der Waals surface area contributed by atoms with Crippen LogP contribution >= 0.6 is 0 Å². The van der Waals surface area contributed by atoms with Gasteiger partial charge in [0.1, 0.15) is 5.52 Å². The summed E-state index contributed by atoms with van der Waals surface area (Å²) in [5.41, 5.74) is 1.54. The summed E-state index contributed by atoms with van der Waals surface area (Å²) in [5, 5.41) is 0. The van der Waals surface area contributed by atoms with E-state index >= 15 is 0 Å². The molecule has 1 aliphatic rings. The molecule has 2 heterocycles. The predicted molar refractivity (Wildman–Crippen MR) is 73.0 cm³/mol. The largest absolute Gasteiger partial charge is 0.465 e. The summed E-state index contributed by atoms with van der Waals surface area (Å²) in [7, 11) is 1.35. The molecule has 0 aliphatic carbocycles. The van der Waals surface area contributed by atoms with Crippen molar-refractivity contribution in [3.63, 3.8) is 0 Å². The number of esters is 1. The van der Waals surface area contributed by atoms with Gasteiger partial charge < -0.3 is 18.8 Å². The van der Waals surface area contributed by atoms with E-state index < -0.39 is 5.97 Å². The topological polar surface area (TPSA) is 64.8 Å². The number of benzene rings is 1. The maximum atomic E-state index is 11.7.